The van der Waals surface area contributed by atoms with Gasteiger partial charge in [-0.15, -0.1) is 0 Å². The van der Waals surface area contributed by atoms with Gasteiger partial charge in [-0.05, 0) is 19.3 Å². The summed E-state index contributed by atoms with van der Waals surface area (Å²) in [5, 5.41) is 3.45. The molecule has 0 radical (unpaired) electrons. The lowest BCUT2D eigenvalue weighted by Gasteiger charge is -2.35. The van der Waals surface area contributed by atoms with Crippen LogP contribution in [0.2, 0.25) is 0 Å². The third kappa shape index (κ3) is 4.96. The summed E-state index contributed by atoms with van der Waals surface area (Å²) in [7, 11) is 0. The fraction of sp³-hybridized carbons (Fsp3) is 1.00. The molecule has 0 spiro atoms. The van der Waals surface area contributed by atoms with Crippen molar-refractivity contribution in [2.75, 3.05) is 39.4 Å². The third-order valence-corrected chi connectivity index (χ3v) is 3.03. The summed E-state index contributed by atoms with van der Waals surface area (Å²) in [5.74, 6) is 0. The highest BCUT2D eigenvalue weighted by Gasteiger charge is 2.19. The third-order valence-electron chi connectivity index (χ3n) is 3.03. The Bertz CT molecular complexity index is 153. The molecule has 3 heteroatoms. The number of nitrogens with zero attached hydrogens (tertiary/aromatic N) is 1. The molecule has 1 aliphatic rings. The van der Waals surface area contributed by atoms with Crippen LogP contribution in [-0.4, -0.2) is 50.3 Å². The molecule has 0 aliphatic carbocycles. The minimum Gasteiger partial charge on any atom is -0.381 e. The monoisotopic (exact) mass is 214 g/mol. The first-order valence-electron chi connectivity index (χ1n) is 6.41. The average molecular weight is 214 g/mol. The zero-order valence-electron chi connectivity index (χ0n) is 10.3. The first-order valence-corrected chi connectivity index (χ1v) is 6.41. The highest BCUT2D eigenvalue weighted by atomic mass is 16.5. The second kappa shape index (κ2) is 8.08. The highest BCUT2D eigenvalue weighted by molar-refractivity contribution is 4.78. The van der Waals surface area contributed by atoms with Crippen LogP contribution in [0.1, 0.15) is 33.1 Å². The van der Waals surface area contributed by atoms with Crippen molar-refractivity contribution < 1.29 is 4.74 Å². The fourth-order valence-corrected chi connectivity index (χ4v) is 2.12. The van der Waals surface area contributed by atoms with E-state index < -0.39 is 0 Å². The van der Waals surface area contributed by atoms with Crippen LogP contribution in [0.3, 0.4) is 0 Å². The molecule has 0 amide bonds. The summed E-state index contributed by atoms with van der Waals surface area (Å²) < 4.78 is 5.50. The summed E-state index contributed by atoms with van der Waals surface area (Å²) in [4.78, 5) is 2.60. The van der Waals surface area contributed by atoms with E-state index in [0.717, 1.165) is 38.8 Å². The van der Waals surface area contributed by atoms with Crippen LogP contribution >= 0.6 is 0 Å². The van der Waals surface area contributed by atoms with Crippen LogP contribution in [0.25, 0.3) is 0 Å². The molecule has 1 unspecified atom stereocenters. The van der Waals surface area contributed by atoms with Gasteiger partial charge in [-0.1, -0.05) is 13.8 Å². The Balaban J connectivity index is 2.07. The molecule has 1 heterocycles. The number of rotatable bonds is 7. The molecule has 0 bridgehead atoms. The Hall–Kier alpha value is -0.120. The molecule has 0 aromatic carbocycles. The van der Waals surface area contributed by atoms with Gasteiger partial charge in [0, 0.05) is 45.4 Å². The van der Waals surface area contributed by atoms with E-state index in [1.165, 1.54) is 25.9 Å². The number of hydrogen-bond donors (Lipinski definition) is 1. The first kappa shape index (κ1) is 12.9. The van der Waals surface area contributed by atoms with Crippen LogP contribution in [0.5, 0.6) is 0 Å². The maximum absolute atomic E-state index is 5.50. The van der Waals surface area contributed by atoms with Crippen molar-refractivity contribution in [3.05, 3.63) is 0 Å². The molecule has 15 heavy (non-hydrogen) atoms. The van der Waals surface area contributed by atoms with Crippen molar-refractivity contribution in [3.63, 3.8) is 0 Å². The fourth-order valence-electron chi connectivity index (χ4n) is 2.12. The van der Waals surface area contributed by atoms with Crippen molar-refractivity contribution in [3.8, 4) is 0 Å². The quantitative estimate of drug-likeness (QED) is 0.650. The summed E-state index contributed by atoms with van der Waals surface area (Å²) in [5.41, 5.74) is 0. The molecular weight excluding hydrogens is 188 g/mol. The zero-order chi connectivity index (χ0) is 10.9. The Morgan fingerprint density at radius 3 is 2.93 bits per heavy atom. The summed E-state index contributed by atoms with van der Waals surface area (Å²) >= 11 is 0. The number of hydrogen-bond acceptors (Lipinski definition) is 3. The Morgan fingerprint density at radius 1 is 1.33 bits per heavy atom. The maximum atomic E-state index is 5.50. The first-order chi connectivity index (χ1) is 7.38. The smallest absolute Gasteiger partial charge is 0.0478 e. The molecule has 1 atom stereocenters. The van der Waals surface area contributed by atoms with E-state index in [1.54, 1.807) is 0 Å². The molecule has 1 saturated heterocycles. The number of nitrogens with one attached hydrogen (secondary N) is 1. The standard InChI is InChI=1S/C12H26N2O/c1-3-9-15-10-5-7-14-8-6-13-11-12(14)4-2/h12-13H,3-11H2,1-2H3. The van der Waals surface area contributed by atoms with Crippen LogP contribution in [0.15, 0.2) is 0 Å². The van der Waals surface area contributed by atoms with E-state index in [-0.39, 0.29) is 0 Å². The summed E-state index contributed by atoms with van der Waals surface area (Å²) in [6, 6.07) is 0.741. The van der Waals surface area contributed by atoms with E-state index >= 15 is 0 Å². The molecule has 1 fully saturated rings. The van der Waals surface area contributed by atoms with Gasteiger partial charge >= 0.3 is 0 Å². The van der Waals surface area contributed by atoms with E-state index in [0.29, 0.717) is 0 Å². The minimum atomic E-state index is 0.741. The summed E-state index contributed by atoms with van der Waals surface area (Å²) in [6.45, 7) is 11.0. The predicted molar refractivity (Wildman–Crippen MR) is 64.2 cm³/mol. The summed E-state index contributed by atoms with van der Waals surface area (Å²) in [6.07, 6.45) is 3.56. The molecule has 90 valence electrons. The SMILES string of the molecule is CCCOCCCN1CCNCC1CC. The van der Waals surface area contributed by atoms with Gasteiger partial charge in [-0.2, -0.15) is 0 Å². The molecule has 0 aromatic heterocycles. The molecule has 1 rings (SSSR count). The van der Waals surface area contributed by atoms with E-state index in [1.807, 2.05) is 0 Å². The number of ether oxygens (including phenoxy) is 1. The van der Waals surface area contributed by atoms with Gasteiger partial charge < -0.3 is 10.1 Å². The minimum absolute atomic E-state index is 0.741. The molecule has 3 nitrogen and oxygen atoms in total. The van der Waals surface area contributed by atoms with E-state index in [4.69, 9.17) is 4.74 Å². The average Bonchev–Trinajstić information content (AvgIpc) is 2.29. The van der Waals surface area contributed by atoms with Gasteiger partial charge in [0.25, 0.3) is 0 Å². The molecule has 1 aliphatic heterocycles. The van der Waals surface area contributed by atoms with Gasteiger partial charge in [-0.3, -0.25) is 4.90 Å². The van der Waals surface area contributed by atoms with E-state index in [2.05, 4.69) is 24.1 Å². The Morgan fingerprint density at radius 2 is 2.20 bits per heavy atom. The lowest BCUT2D eigenvalue weighted by Crippen LogP contribution is -2.51. The van der Waals surface area contributed by atoms with Crippen molar-refractivity contribution in [1.82, 2.24) is 10.2 Å². The normalized spacial score (nSPS) is 23.2. The van der Waals surface area contributed by atoms with Crippen LogP contribution in [0.4, 0.5) is 0 Å². The predicted octanol–water partition coefficient (Wildman–Crippen LogP) is 1.49. The zero-order valence-corrected chi connectivity index (χ0v) is 10.3. The second-order valence-electron chi connectivity index (χ2n) is 4.27. The largest absolute Gasteiger partial charge is 0.381 e. The molecule has 0 aromatic rings. The van der Waals surface area contributed by atoms with Gasteiger partial charge in [0.15, 0.2) is 0 Å². The van der Waals surface area contributed by atoms with Crippen LogP contribution < -0.4 is 5.32 Å². The van der Waals surface area contributed by atoms with Gasteiger partial charge in [0.1, 0.15) is 0 Å². The van der Waals surface area contributed by atoms with E-state index in [9.17, 15) is 0 Å². The Labute approximate surface area is 94.2 Å². The van der Waals surface area contributed by atoms with Crippen molar-refractivity contribution >= 4 is 0 Å². The Kier molecular flexibility index (Phi) is 6.98. The molecular formula is C12H26N2O. The molecule has 1 N–H and O–H groups in total. The lowest BCUT2D eigenvalue weighted by molar-refractivity contribution is 0.103. The van der Waals surface area contributed by atoms with Crippen LogP contribution in [0, 0.1) is 0 Å². The highest BCUT2D eigenvalue weighted by Crippen LogP contribution is 2.07. The lowest BCUT2D eigenvalue weighted by atomic mass is 10.1. The van der Waals surface area contributed by atoms with Crippen molar-refractivity contribution in [2.45, 2.75) is 39.2 Å². The van der Waals surface area contributed by atoms with Crippen LogP contribution in [-0.2, 0) is 4.74 Å². The molecule has 0 saturated carbocycles. The van der Waals surface area contributed by atoms with Gasteiger partial charge in [-0.25, -0.2) is 0 Å². The van der Waals surface area contributed by atoms with Crippen molar-refractivity contribution in [2.24, 2.45) is 0 Å². The topological polar surface area (TPSA) is 24.5 Å². The van der Waals surface area contributed by atoms with Crippen molar-refractivity contribution in [1.29, 1.82) is 0 Å². The maximum Gasteiger partial charge on any atom is 0.0478 e. The van der Waals surface area contributed by atoms with Gasteiger partial charge in [0.2, 0.25) is 0 Å². The second-order valence-corrected chi connectivity index (χ2v) is 4.27. The van der Waals surface area contributed by atoms with Gasteiger partial charge in [0.05, 0.1) is 0 Å². The number of piperazine rings is 1.